The smallest absolute Gasteiger partial charge is 0.250 e. The fourth-order valence-electron chi connectivity index (χ4n) is 3.21. The predicted molar refractivity (Wildman–Crippen MR) is 101 cm³/mol. The van der Waals surface area contributed by atoms with Crippen LogP contribution in [0.25, 0.3) is 11.0 Å². The number of hydrogen-bond donors (Lipinski definition) is 1. The second-order valence-electron chi connectivity index (χ2n) is 6.61. The predicted octanol–water partition coefficient (Wildman–Crippen LogP) is 3.99. The van der Waals surface area contributed by atoms with E-state index in [1.54, 1.807) is 12.4 Å². The van der Waals surface area contributed by atoms with Crippen LogP contribution in [0, 0.1) is 12.7 Å². The molecule has 6 heteroatoms. The summed E-state index contributed by atoms with van der Waals surface area (Å²) in [5, 5.41) is 1.13. The second-order valence-corrected chi connectivity index (χ2v) is 6.61. The Balaban J connectivity index is 1.57. The molecule has 0 atom stereocenters. The van der Waals surface area contributed by atoms with Crippen LogP contribution in [0.3, 0.4) is 0 Å². The minimum Gasteiger partial charge on any atom is -0.479 e. The Morgan fingerprint density at radius 1 is 0.963 bits per heavy atom. The van der Waals surface area contributed by atoms with Gasteiger partial charge >= 0.3 is 0 Å². The Kier molecular flexibility index (Phi) is 4.54. The quantitative estimate of drug-likeness (QED) is 0.583. The van der Waals surface area contributed by atoms with E-state index in [1.165, 1.54) is 18.7 Å². The van der Waals surface area contributed by atoms with Crippen LogP contribution in [-0.4, -0.2) is 27.0 Å². The molecule has 4 aromatic rings. The Hall–Kier alpha value is -3.28. The SMILES string of the molecule is COc1ncc(Cc2cncc(Cc3c[nH]c4ncc(C)cc34)c2)cc1F. The number of hydrogen-bond acceptors (Lipinski definition) is 4. The van der Waals surface area contributed by atoms with Crippen LogP contribution in [0.15, 0.2) is 49.2 Å². The molecule has 0 aliphatic heterocycles. The van der Waals surface area contributed by atoms with E-state index in [0.717, 1.165) is 39.7 Å². The van der Waals surface area contributed by atoms with Crippen LogP contribution in [0.4, 0.5) is 4.39 Å². The van der Waals surface area contributed by atoms with Crippen molar-refractivity contribution < 1.29 is 9.13 Å². The number of halogens is 1. The number of ether oxygens (including phenoxy) is 1. The number of aryl methyl sites for hydroxylation is 1. The number of rotatable bonds is 5. The lowest BCUT2D eigenvalue weighted by atomic mass is 10.0. The van der Waals surface area contributed by atoms with Gasteiger partial charge in [-0.25, -0.2) is 14.4 Å². The number of aromatic amines is 1. The zero-order chi connectivity index (χ0) is 18.8. The highest BCUT2D eigenvalue weighted by atomic mass is 19.1. The molecule has 4 rings (SSSR count). The number of pyridine rings is 3. The van der Waals surface area contributed by atoms with Crippen molar-refractivity contribution in [2.45, 2.75) is 19.8 Å². The molecule has 0 spiro atoms. The van der Waals surface area contributed by atoms with E-state index >= 15 is 0 Å². The van der Waals surface area contributed by atoms with Gasteiger partial charge in [-0.15, -0.1) is 0 Å². The molecule has 27 heavy (non-hydrogen) atoms. The largest absolute Gasteiger partial charge is 0.479 e. The highest BCUT2D eigenvalue weighted by Gasteiger charge is 2.09. The highest BCUT2D eigenvalue weighted by molar-refractivity contribution is 5.80. The summed E-state index contributed by atoms with van der Waals surface area (Å²) in [4.78, 5) is 16.0. The maximum absolute atomic E-state index is 13.9. The molecule has 4 aromatic heterocycles. The third-order valence-corrected chi connectivity index (χ3v) is 4.47. The van der Waals surface area contributed by atoms with Crippen molar-refractivity contribution in [1.82, 2.24) is 19.9 Å². The van der Waals surface area contributed by atoms with Crippen molar-refractivity contribution >= 4 is 11.0 Å². The average Bonchev–Trinajstić information content (AvgIpc) is 3.04. The summed E-state index contributed by atoms with van der Waals surface area (Å²) in [6, 6.07) is 5.68. The van der Waals surface area contributed by atoms with Crippen molar-refractivity contribution in [2.24, 2.45) is 0 Å². The van der Waals surface area contributed by atoms with Gasteiger partial charge in [-0.05, 0) is 46.9 Å². The maximum Gasteiger partial charge on any atom is 0.250 e. The number of H-pyrrole nitrogens is 1. The van der Waals surface area contributed by atoms with Crippen LogP contribution >= 0.6 is 0 Å². The van der Waals surface area contributed by atoms with E-state index in [0.29, 0.717) is 6.42 Å². The third-order valence-electron chi connectivity index (χ3n) is 4.47. The van der Waals surface area contributed by atoms with E-state index < -0.39 is 5.82 Å². The fraction of sp³-hybridized carbons (Fsp3) is 0.190. The summed E-state index contributed by atoms with van der Waals surface area (Å²) < 4.78 is 18.7. The lowest BCUT2D eigenvalue weighted by Crippen LogP contribution is -1.97. The summed E-state index contributed by atoms with van der Waals surface area (Å²) >= 11 is 0. The van der Waals surface area contributed by atoms with Gasteiger partial charge in [0.15, 0.2) is 5.82 Å². The molecule has 1 N–H and O–H groups in total. The Morgan fingerprint density at radius 2 is 1.74 bits per heavy atom. The molecule has 0 radical (unpaired) electrons. The molecule has 0 aliphatic carbocycles. The van der Waals surface area contributed by atoms with Gasteiger partial charge in [0.05, 0.1) is 7.11 Å². The van der Waals surface area contributed by atoms with Crippen LogP contribution < -0.4 is 4.74 Å². The first-order chi connectivity index (χ1) is 13.1. The van der Waals surface area contributed by atoms with E-state index in [2.05, 4.69) is 32.1 Å². The number of nitrogens with zero attached hydrogens (tertiary/aromatic N) is 3. The molecular formula is C21H19FN4O. The lowest BCUT2D eigenvalue weighted by molar-refractivity contribution is 0.368. The number of methoxy groups -OCH3 is 1. The first-order valence-corrected chi connectivity index (χ1v) is 8.66. The molecule has 4 heterocycles. The topological polar surface area (TPSA) is 63.7 Å². The standard InChI is InChI=1S/C21H19FN4O/c1-13-3-18-17(12-25-20(18)24-8-13)6-15-4-14(9-23-10-15)5-16-7-19(22)21(27-2)26-11-16/h3-4,7-12H,5-6H2,1-2H3,(H,24,25). The minimum atomic E-state index is -0.458. The summed E-state index contributed by atoms with van der Waals surface area (Å²) in [6.45, 7) is 2.04. The number of aromatic nitrogens is 4. The minimum absolute atomic E-state index is 0.00821. The second kappa shape index (κ2) is 7.15. The summed E-state index contributed by atoms with van der Waals surface area (Å²) in [6.07, 6.45) is 10.4. The van der Waals surface area contributed by atoms with Crippen molar-refractivity contribution in [3.8, 4) is 5.88 Å². The highest BCUT2D eigenvalue weighted by Crippen LogP contribution is 2.22. The summed E-state index contributed by atoms with van der Waals surface area (Å²) in [5.41, 5.74) is 6.07. The van der Waals surface area contributed by atoms with Gasteiger partial charge in [-0.3, -0.25) is 4.98 Å². The van der Waals surface area contributed by atoms with Crippen LogP contribution in [0.5, 0.6) is 5.88 Å². The molecule has 0 saturated heterocycles. The van der Waals surface area contributed by atoms with E-state index in [-0.39, 0.29) is 5.88 Å². The monoisotopic (exact) mass is 362 g/mol. The third kappa shape index (κ3) is 3.65. The molecule has 136 valence electrons. The molecule has 0 unspecified atom stereocenters. The Labute approximate surface area is 156 Å². The lowest BCUT2D eigenvalue weighted by Gasteiger charge is -2.06. The van der Waals surface area contributed by atoms with Crippen LogP contribution in [0.1, 0.15) is 27.8 Å². The molecule has 0 aliphatic rings. The molecule has 5 nitrogen and oxygen atoms in total. The van der Waals surface area contributed by atoms with Gasteiger partial charge in [-0.2, -0.15) is 0 Å². The van der Waals surface area contributed by atoms with Crippen molar-refractivity contribution in [3.63, 3.8) is 0 Å². The molecule has 0 aromatic carbocycles. The van der Waals surface area contributed by atoms with Crippen LogP contribution in [-0.2, 0) is 12.8 Å². The summed E-state index contributed by atoms with van der Waals surface area (Å²) in [5.74, 6) is -0.449. The normalized spacial score (nSPS) is 11.1. The first-order valence-electron chi connectivity index (χ1n) is 8.66. The Morgan fingerprint density at radius 3 is 2.52 bits per heavy atom. The molecule has 0 fully saturated rings. The summed E-state index contributed by atoms with van der Waals surface area (Å²) in [7, 11) is 1.40. The van der Waals surface area contributed by atoms with Gasteiger partial charge in [0.25, 0.3) is 0 Å². The number of fused-ring (bicyclic) bond motifs is 1. The Bertz CT molecular complexity index is 1110. The van der Waals surface area contributed by atoms with Crippen molar-refractivity contribution in [1.29, 1.82) is 0 Å². The van der Waals surface area contributed by atoms with Crippen molar-refractivity contribution in [3.05, 3.63) is 82.8 Å². The molecular weight excluding hydrogens is 343 g/mol. The van der Waals surface area contributed by atoms with Crippen LogP contribution in [0.2, 0.25) is 0 Å². The van der Waals surface area contributed by atoms with Gasteiger partial charge in [0, 0.05) is 49.2 Å². The average molecular weight is 362 g/mol. The zero-order valence-corrected chi connectivity index (χ0v) is 15.2. The van der Waals surface area contributed by atoms with E-state index in [4.69, 9.17) is 4.74 Å². The first kappa shape index (κ1) is 17.1. The van der Waals surface area contributed by atoms with Gasteiger partial charge in [-0.1, -0.05) is 6.07 Å². The fourth-order valence-corrected chi connectivity index (χ4v) is 3.21. The maximum atomic E-state index is 13.9. The van der Waals surface area contributed by atoms with E-state index in [9.17, 15) is 4.39 Å². The molecule has 0 amide bonds. The molecule has 0 bridgehead atoms. The number of nitrogens with one attached hydrogen (secondary N) is 1. The van der Waals surface area contributed by atoms with E-state index in [1.807, 2.05) is 25.5 Å². The van der Waals surface area contributed by atoms with Gasteiger partial charge < -0.3 is 9.72 Å². The van der Waals surface area contributed by atoms with Gasteiger partial charge in [0.2, 0.25) is 5.88 Å². The van der Waals surface area contributed by atoms with Gasteiger partial charge in [0.1, 0.15) is 5.65 Å². The molecule has 0 saturated carbocycles. The zero-order valence-electron chi connectivity index (χ0n) is 15.2. The van der Waals surface area contributed by atoms with Crippen molar-refractivity contribution in [2.75, 3.05) is 7.11 Å².